The molecule has 0 unspecified atom stereocenters. The standard InChI is InChI=1S/C11H20O2/c1-3-4-5-6-7-11(13)9-8-10(2)12/h3-9H2,1-2H3. The minimum atomic E-state index is 0.113. The van der Waals surface area contributed by atoms with Crippen molar-refractivity contribution in [3.05, 3.63) is 0 Å². The quantitative estimate of drug-likeness (QED) is 0.543. The fourth-order valence-corrected chi connectivity index (χ4v) is 1.19. The maximum absolute atomic E-state index is 11.2. The molecule has 0 rings (SSSR count). The number of rotatable bonds is 8. The summed E-state index contributed by atoms with van der Waals surface area (Å²) in [6, 6.07) is 0. The molecule has 0 bridgehead atoms. The van der Waals surface area contributed by atoms with Gasteiger partial charge in [-0.15, -0.1) is 0 Å². The smallest absolute Gasteiger partial charge is 0.133 e. The first-order valence-corrected chi connectivity index (χ1v) is 5.18. The summed E-state index contributed by atoms with van der Waals surface area (Å²) in [4.78, 5) is 21.7. The van der Waals surface area contributed by atoms with Gasteiger partial charge in [0, 0.05) is 19.3 Å². The number of hydrogen-bond acceptors (Lipinski definition) is 2. The summed E-state index contributed by atoms with van der Waals surface area (Å²) in [7, 11) is 0. The molecule has 13 heavy (non-hydrogen) atoms. The highest BCUT2D eigenvalue weighted by atomic mass is 16.1. The summed E-state index contributed by atoms with van der Waals surface area (Å²) < 4.78 is 0. The Labute approximate surface area is 80.7 Å². The SMILES string of the molecule is CCCCCCC(=O)CCC(C)=O. The second-order valence-corrected chi connectivity index (χ2v) is 3.55. The van der Waals surface area contributed by atoms with Crippen molar-refractivity contribution in [2.75, 3.05) is 0 Å². The van der Waals surface area contributed by atoms with Crippen LogP contribution in [0.4, 0.5) is 0 Å². The summed E-state index contributed by atoms with van der Waals surface area (Å²) in [6.45, 7) is 3.68. The van der Waals surface area contributed by atoms with Gasteiger partial charge < -0.3 is 4.79 Å². The van der Waals surface area contributed by atoms with Crippen LogP contribution in [0.25, 0.3) is 0 Å². The lowest BCUT2D eigenvalue weighted by Crippen LogP contribution is -2.01. The van der Waals surface area contributed by atoms with Crippen molar-refractivity contribution >= 4 is 11.6 Å². The Morgan fingerprint density at radius 1 is 0.923 bits per heavy atom. The average Bonchev–Trinajstić information content (AvgIpc) is 2.09. The Kier molecular flexibility index (Phi) is 7.56. The highest BCUT2D eigenvalue weighted by Gasteiger charge is 2.02. The molecule has 0 radical (unpaired) electrons. The maximum atomic E-state index is 11.2. The highest BCUT2D eigenvalue weighted by Crippen LogP contribution is 2.05. The molecule has 0 aromatic carbocycles. The Bertz CT molecular complexity index is 161. The molecule has 0 saturated carbocycles. The van der Waals surface area contributed by atoms with Crippen molar-refractivity contribution in [1.29, 1.82) is 0 Å². The van der Waals surface area contributed by atoms with Gasteiger partial charge in [-0.2, -0.15) is 0 Å². The molecule has 0 fully saturated rings. The highest BCUT2D eigenvalue weighted by molar-refractivity contribution is 5.84. The van der Waals surface area contributed by atoms with Gasteiger partial charge in [-0.3, -0.25) is 4.79 Å². The number of carbonyl (C=O) groups is 2. The van der Waals surface area contributed by atoms with Crippen molar-refractivity contribution in [3.63, 3.8) is 0 Å². The van der Waals surface area contributed by atoms with E-state index in [-0.39, 0.29) is 11.6 Å². The number of unbranched alkanes of at least 4 members (excludes halogenated alkanes) is 3. The van der Waals surface area contributed by atoms with Crippen molar-refractivity contribution in [2.24, 2.45) is 0 Å². The first-order valence-electron chi connectivity index (χ1n) is 5.18. The van der Waals surface area contributed by atoms with Gasteiger partial charge in [-0.05, 0) is 13.3 Å². The fourth-order valence-electron chi connectivity index (χ4n) is 1.19. The lowest BCUT2D eigenvalue weighted by atomic mass is 10.1. The zero-order valence-corrected chi connectivity index (χ0v) is 8.77. The van der Waals surface area contributed by atoms with Crippen LogP contribution in [0.15, 0.2) is 0 Å². The molecule has 0 aliphatic heterocycles. The minimum Gasteiger partial charge on any atom is -0.300 e. The van der Waals surface area contributed by atoms with E-state index in [9.17, 15) is 9.59 Å². The van der Waals surface area contributed by atoms with Crippen molar-refractivity contribution in [3.8, 4) is 0 Å². The Balaban J connectivity index is 3.25. The summed E-state index contributed by atoms with van der Waals surface area (Å²) in [5, 5.41) is 0. The molecule has 0 aromatic heterocycles. The van der Waals surface area contributed by atoms with E-state index in [4.69, 9.17) is 0 Å². The molecule has 0 aliphatic rings. The van der Waals surface area contributed by atoms with Crippen molar-refractivity contribution in [1.82, 2.24) is 0 Å². The third kappa shape index (κ3) is 9.25. The molecular formula is C11H20O2. The first-order chi connectivity index (χ1) is 6.16. The zero-order chi connectivity index (χ0) is 10.1. The molecular weight excluding hydrogens is 164 g/mol. The molecule has 0 heterocycles. The molecule has 0 atom stereocenters. The van der Waals surface area contributed by atoms with E-state index < -0.39 is 0 Å². The molecule has 76 valence electrons. The molecule has 2 nitrogen and oxygen atoms in total. The zero-order valence-electron chi connectivity index (χ0n) is 8.77. The molecule has 0 aromatic rings. The first kappa shape index (κ1) is 12.3. The van der Waals surface area contributed by atoms with E-state index in [1.165, 1.54) is 19.8 Å². The third-order valence-electron chi connectivity index (χ3n) is 2.07. The van der Waals surface area contributed by atoms with Gasteiger partial charge in [0.25, 0.3) is 0 Å². The minimum absolute atomic E-state index is 0.113. The monoisotopic (exact) mass is 184 g/mol. The van der Waals surface area contributed by atoms with E-state index >= 15 is 0 Å². The van der Waals surface area contributed by atoms with E-state index in [0.29, 0.717) is 19.3 Å². The summed E-state index contributed by atoms with van der Waals surface area (Å²) in [6.07, 6.45) is 6.07. The predicted molar refractivity (Wildman–Crippen MR) is 53.7 cm³/mol. The number of carbonyl (C=O) groups excluding carboxylic acids is 2. The Hall–Kier alpha value is -0.660. The van der Waals surface area contributed by atoms with Gasteiger partial charge in [0.2, 0.25) is 0 Å². The largest absolute Gasteiger partial charge is 0.300 e. The van der Waals surface area contributed by atoms with Crippen LogP contribution in [0, 0.1) is 0 Å². The predicted octanol–water partition coefficient (Wildman–Crippen LogP) is 2.90. The summed E-state index contributed by atoms with van der Waals surface area (Å²) in [5.74, 6) is 0.355. The summed E-state index contributed by atoms with van der Waals surface area (Å²) >= 11 is 0. The fraction of sp³-hybridized carbons (Fsp3) is 0.818. The summed E-state index contributed by atoms with van der Waals surface area (Å²) in [5.41, 5.74) is 0. The van der Waals surface area contributed by atoms with E-state index in [1.807, 2.05) is 0 Å². The van der Waals surface area contributed by atoms with Crippen LogP contribution in [-0.2, 0) is 9.59 Å². The van der Waals surface area contributed by atoms with Crippen LogP contribution in [-0.4, -0.2) is 11.6 Å². The van der Waals surface area contributed by atoms with Gasteiger partial charge >= 0.3 is 0 Å². The molecule has 0 spiro atoms. The molecule has 2 heteroatoms. The van der Waals surface area contributed by atoms with Crippen LogP contribution >= 0.6 is 0 Å². The van der Waals surface area contributed by atoms with E-state index in [2.05, 4.69) is 6.92 Å². The Morgan fingerprint density at radius 2 is 1.62 bits per heavy atom. The normalized spacial score (nSPS) is 10.0. The third-order valence-corrected chi connectivity index (χ3v) is 2.07. The second kappa shape index (κ2) is 7.96. The van der Waals surface area contributed by atoms with Crippen LogP contribution < -0.4 is 0 Å². The van der Waals surface area contributed by atoms with Crippen molar-refractivity contribution < 1.29 is 9.59 Å². The van der Waals surface area contributed by atoms with Crippen molar-refractivity contribution in [2.45, 2.75) is 58.8 Å². The van der Waals surface area contributed by atoms with E-state index in [0.717, 1.165) is 12.8 Å². The Morgan fingerprint density at radius 3 is 2.15 bits per heavy atom. The second-order valence-electron chi connectivity index (χ2n) is 3.55. The van der Waals surface area contributed by atoms with Gasteiger partial charge in [0.1, 0.15) is 11.6 Å². The number of Topliss-reactive ketones (excluding diaryl/α,β-unsaturated/α-hetero) is 2. The molecule has 0 saturated heterocycles. The lowest BCUT2D eigenvalue weighted by molar-refractivity contribution is -0.123. The molecule has 0 amide bonds. The lowest BCUT2D eigenvalue weighted by Gasteiger charge is -1.98. The number of hydrogen-bond donors (Lipinski definition) is 0. The van der Waals surface area contributed by atoms with Crippen LogP contribution in [0.2, 0.25) is 0 Å². The van der Waals surface area contributed by atoms with Gasteiger partial charge in [-0.1, -0.05) is 26.2 Å². The average molecular weight is 184 g/mol. The van der Waals surface area contributed by atoms with Gasteiger partial charge in [0.05, 0.1) is 0 Å². The van der Waals surface area contributed by atoms with Gasteiger partial charge in [-0.25, -0.2) is 0 Å². The topological polar surface area (TPSA) is 34.1 Å². The van der Waals surface area contributed by atoms with E-state index in [1.54, 1.807) is 0 Å². The van der Waals surface area contributed by atoms with Crippen LogP contribution in [0.3, 0.4) is 0 Å². The maximum Gasteiger partial charge on any atom is 0.133 e. The number of ketones is 2. The molecule has 0 aliphatic carbocycles. The van der Waals surface area contributed by atoms with Crippen LogP contribution in [0.5, 0.6) is 0 Å². The van der Waals surface area contributed by atoms with Crippen LogP contribution in [0.1, 0.15) is 58.8 Å². The van der Waals surface area contributed by atoms with Gasteiger partial charge in [0.15, 0.2) is 0 Å². The molecule has 0 N–H and O–H groups in total.